The van der Waals surface area contributed by atoms with Crippen molar-refractivity contribution in [2.75, 3.05) is 39.4 Å². The van der Waals surface area contributed by atoms with Crippen LogP contribution in [0.4, 0.5) is 0 Å². The Balaban J connectivity index is 1.70. The van der Waals surface area contributed by atoms with Crippen LogP contribution in [0.1, 0.15) is 10.6 Å². The van der Waals surface area contributed by atoms with E-state index in [-0.39, 0.29) is 23.1 Å². The molecule has 3 rings (SSSR count). The van der Waals surface area contributed by atoms with Gasteiger partial charge in [-0.3, -0.25) is 9.69 Å². The van der Waals surface area contributed by atoms with E-state index in [2.05, 4.69) is 15.0 Å². The first-order chi connectivity index (χ1) is 9.15. The first kappa shape index (κ1) is 12.8. The Morgan fingerprint density at radius 3 is 3.00 bits per heavy atom. The maximum absolute atomic E-state index is 12.3. The number of piperazine rings is 1. The first-order valence-corrected chi connectivity index (χ1v) is 6.70. The molecule has 0 bridgehead atoms. The molecule has 8 heteroatoms. The lowest BCUT2D eigenvalue weighted by atomic mass is 10.1. The molecule has 0 N–H and O–H groups in total. The van der Waals surface area contributed by atoms with E-state index in [9.17, 15) is 4.79 Å². The average molecular weight is 286 g/mol. The Hall–Kier alpha value is -1.18. The van der Waals surface area contributed by atoms with Gasteiger partial charge in [0.15, 0.2) is 0 Å². The molecule has 1 aromatic rings. The quantitative estimate of drug-likeness (QED) is 0.704. The summed E-state index contributed by atoms with van der Waals surface area (Å²) < 4.78 is 6.86. The highest BCUT2D eigenvalue weighted by atomic mass is 35.5. The number of fused-ring (bicyclic) bond motifs is 1. The van der Waals surface area contributed by atoms with Gasteiger partial charge in [0, 0.05) is 33.2 Å². The number of aromatic nitrogens is 3. The van der Waals surface area contributed by atoms with Crippen molar-refractivity contribution in [2.24, 2.45) is 7.05 Å². The maximum atomic E-state index is 12.3. The van der Waals surface area contributed by atoms with Gasteiger partial charge in [-0.1, -0.05) is 0 Å². The van der Waals surface area contributed by atoms with Crippen LogP contribution in [0.25, 0.3) is 0 Å². The summed E-state index contributed by atoms with van der Waals surface area (Å²) in [5.41, 5.74) is 0. The number of hydrogen-bond donors (Lipinski definition) is 0. The van der Waals surface area contributed by atoms with Gasteiger partial charge in [0.2, 0.25) is 11.1 Å². The van der Waals surface area contributed by atoms with Gasteiger partial charge in [0.25, 0.3) is 5.91 Å². The van der Waals surface area contributed by atoms with Gasteiger partial charge >= 0.3 is 0 Å². The number of amides is 1. The molecular formula is C11H16ClN5O2. The molecule has 0 spiro atoms. The minimum absolute atomic E-state index is 0.160. The molecule has 104 valence electrons. The van der Waals surface area contributed by atoms with Gasteiger partial charge < -0.3 is 9.64 Å². The summed E-state index contributed by atoms with van der Waals surface area (Å²) in [5.74, 6) is 0.00500. The topological polar surface area (TPSA) is 63.5 Å². The van der Waals surface area contributed by atoms with E-state index in [1.54, 1.807) is 11.9 Å². The highest BCUT2D eigenvalue weighted by molar-refractivity contribution is 6.28. The van der Waals surface area contributed by atoms with Crippen molar-refractivity contribution in [3.63, 3.8) is 0 Å². The minimum atomic E-state index is -0.160. The monoisotopic (exact) mass is 285 g/mol. The Bertz CT molecular complexity index is 472. The SMILES string of the molecule is Cn1nc(C(=O)N2CCN3CCOCC3C2)nc1Cl. The molecule has 2 saturated heterocycles. The molecule has 0 saturated carbocycles. The minimum Gasteiger partial charge on any atom is -0.378 e. The zero-order chi connectivity index (χ0) is 13.4. The second kappa shape index (κ2) is 5.07. The van der Waals surface area contributed by atoms with Crippen molar-refractivity contribution in [1.82, 2.24) is 24.6 Å². The highest BCUT2D eigenvalue weighted by Gasteiger charge is 2.33. The van der Waals surface area contributed by atoms with Gasteiger partial charge in [-0.05, 0) is 11.6 Å². The Morgan fingerprint density at radius 2 is 2.26 bits per heavy atom. The molecule has 1 atom stereocenters. The van der Waals surface area contributed by atoms with Crippen LogP contribution < -0.4 is 0 Å². The van der Waals surface area contributed by atoms with Gasteiger partial charge in [0.05, 0.1) is 19.3 Å². The summed E-state index contributed by atoms with van der Waals surface area (Å²) in [5, 5.41) is 4.25. The van der Waals surface area contributed by atoms with Crippen LogP contribution in [-0.4, -0.2) is 75.9 Å². The van der Waals surface area contributed by atoms with Crippen LogP contribution in [0.2, 0.25) is 5.28 Å². The summed E-state index contributed by atoms with van der Waals surface area (Å²) in [4.78, 5) is 20.4. The van der Waals surface area contributed by atoms with E-state index in [4.69, 9.17) is 16.3 Å². The largest absolute Gasteiger partial charge is 0.378 e. The van der Waals surface area contributed by atoms with E-state index in [0.29, 0.717) is 19.7 Å². The Labute approximate surface area is 116 Å². The molecule has 1 unspecified atom stereocenters. The summed E-state index contributed by atoms with van der Waals surface area (Å²) in [6.45, 7) is 4.64. The van der Waals surface area contributed by atoms with Crippen molar-refractivity contribution in [3.8, 4) is 0 Å². The van der Waals surface area contributed by atoms with E-state index < -0.39 is 0 Å². The van der Waals surface area contributed by atoms with Gasteiger partial charge in [0.1, 0.15) is 0 Å². The van der Waals surface area contributed by atoms with Crippen LogP contribution in [0, 0.1) is 0 Å². The average Bonchev–Trinajstić information content (AvgIpc) is 2.77. The first-order valence-electron chi connectivity index (χ1n) is 6.33. The molecule has 0 aliphatic carbocycles. The van der Waals surface area contributed by atoms with E-state index in [1.165, 1.54) is 4.68 Å². The maximum Gasteiger partial charge on any atom is 0.293 e. The Kier molecular flexibility index (Phi) is 3.42. The fourth-order valence-electron chi connectivity index (χ4n) is 2.53. The molecule has 19 heavy (non-hydrogen) atoms. The molecular weight excluding hydrogens is 270 g/mol. The third-order valence-electron chi connectivity index (χ3n) is 3.63. The predicted octanol–water partition coefficient (Wildman–Crippen LogP) is -0.375. The number of rotatable bonds is 1. The fourth-order valence-corrected chi connectivity index (χ4v) is 2.65. The number of carbonyl (C=O) groups is 1. The summed E-state index contributed by atoms with van der Waals surface area (Å²) in [7, 11) is 1.67. The molecule has 1 amide bonds. The number of carbonyl (C=O) groups excluding carboxylic acids is 1. The van der Waals surface area contributed by atoms with Gasteiger partial charge in [-0.15, -0.1) is 5.10 Å². The molecule has 2 fully saturated rings. The normalized spacial score (nSPS) is 24.3. The van der Waals surface area contributed by atoms with E-state index in [0.717, 1.165) is 19.7 Å². The van der Waals surface area contributed by atoms with Crippen molar-refractivity contribution in [2.45, 2.75) is 6.04 Å². The zero-order valence-electron chi connectivity index (χ0n) is 10.8. The van der Waals surface area contributed by atoms with Gasteiger partial charge in [-0.25, -0.2) is 4.68 Å². The number of halogens is 1. The van der Waals surface area contributed by atoms with Gasteiger partial charge in [-0.2, -0.15) is 4.98 Å². The molecule has 0 aromatic carbocycles. The Morgan fingerprint density at radius 1 is 1.42 bits per heavy atom. The molecule has 1 aromatic heterocycles. The van der Waals surface area contributed by atoms with Crippen molar-refractivity contribution in [3.05, 3.63) is 11.1 Å². The van der Waals surface area contributed by atoms with Crippen LogP contribution >= 0.6 is 11.6 Å². The highest BCUT2D eigenvalue weighted by Crippen LogP contribution is 2.15. The van der Waals surface area contributed by atoms with E-state index in [1.807, 2.05) is 0 Å². The lowest BCUT2D eigenvalue weighted by Gasteiger charge is -2.43. The number of hydrogen-bond acceptors (Lipinski definition) is 5. The van der Waals surface area contributed by atoms with Crippen molar-refractivity contribution in [1.29, 1.82) is 0 Å². The molecule has 7 nitrogen and oxygen atoms in total. The van der Waals surface area contributed by atoms with Crippen LogP contribution in [0.3, 0.4) is 0 Å². The fraction of sp³-hybridized carbons (Fsp3) is 0.727. The summed E-state index contributed by atoms with van der Waals surface area (Å²) >= 11 is 5.81. The number of aryl methyl sites for hydroxylation is 1. The second-order valence-corrected chi connectivity index (χ2v) is 5.18. The third kappa shape index (κ3) is 2.45. The van der Waals surface area contributed by atoms with Crippen LogP contribution in [0.5, 0.6) is 0 Å². The lowest BCUT2D eigenvalue weighted by Crippen LogP contribution is -2.59. The number of ether oxygens (including phenoxy) is 1. The lowest BCUT2D eigenvalue weighted by molar-refractivity contribution is -0.0396. The summed E-state index contributed by atoms with van der Waals surface area (Å²) in [6, 6.07) is 0.283. The zero-order valence-corrected chi connectivity index (χ0v) is 11.5. The van der Waals surface area contributed by atoms with Crippen molar-refractivity contribution < 1.29 is 9.53 Å². The second-order valence-electron chi connectivity index (χ2n) is 4.84. The third-order valence-corrected chi connectivity index (χ3v) is 3.96. The smallest absolute Gasteiger partial charge is 0.293 e. The van der Waals surface area contributed by atoms with Crippen molar-refractivity contribution >= 4 is 17.5 Å². The predicted molar refractivity (Wildman–Crippen MR) is 68.1 cm³/mol. The molecule has 0 radical (unpaired) electrons. The van der Waals surface area contributed by atoms with Crippen LogP contribution in [0.15, 0.2) is 0 Å². The summed E-state index contributed by atoms with van der Waals surface area (Å²) in [6.07, 6.45) is 0. The number of morpholine rings is 1. The molecule has 2 aliphatic rings. The van der Waals surface area contributed by atoms with Crippen LogP contribution in [-0.2, 0) is 11.8 Å². The molecule has 3 heterocycles. The molecule has 2 aliphatic heterocycles. The van der Waals surface area contributed by atoms with E-state index >= 15 is 0 Å². The standard InChI is InChI=1S/C11H16ClN5O2/c1-15-11(12)13-9(14-15)10(18)17-3-2-16-4-5-19-7-8(16)6-17/h8H,2-7H2,1H3. The number of nitrogens with zero attached hydrogens (tertiary/aromatic N) is 5.